The van der Waals surface area contributed by atoms with Crippen molar-refractivity contribution in [3.8, 4) is 0 Å². The number of esters is 2. The Morgan fingerprint density at radius 2 is 1.60 bits per heavy atom. The first kappa shape index (κ1) is 33.6. The maximum Gasteiger partial charge on any atom is 0.302 e. The molecule has 254 valence electrons. The molecule has 6 heterocycles. The molecule has 0 amide bonds. The van der Waals surface area contributed by atoms with Gasteiger partial charge in [-0.05, 0) is 92.6 Å². The van der Waals surface area contributed by atoms with E-state index < -0.39 is 24.5 Å². The number of rotatable bonds is 7. The largest absolute Gasteiger partial charge is 0.463 e. The number of ether oxygens (including phenoxy) is 4. The van der Waals surface area contributed by atoms with Gasteiger partial charge in [0.05, 0.1) is 24.1 Å². The van der Waals surface area contributed by atoms with Crippen molar-refractivity contribution >= 4 is 45.7 Å². The number of nitrogens with zero attached hydrogens (tertiary/aromatic N) is 2. The van der Waals surface area contributed by atoms with Gasteiger partial charge in [-0.3, -0.25) is 14.6 Å². The molecule has 3 aliphatic rings. The first-order valence-corrected chi connectivity index (χ1v) is 16.9. The number of aryl methyl sites for hydroxylation is 3. The number of allylic oxidation sites excluding steroid dienone is 1. The topological polar surface area (TPSA) is 128 Å². The van der Waals surface area contributed by atoms with E-state index in [0.29, 0.717) is 12.8 Å². The number of nitrogens with one attached hydrogen (secondary N) is 2. The summed E-state index contributed by atoms with van der Waals surface area (Å²) in [6, 6.07) is 6.47. The molecule has 4 unspecified atom stereocenters. The first-order chi connectivity index (χ1) is 22.9. The molecule has 1 saturated heterocycles. The second-order valence-corrected chi connectivity index (χ2v) is 13.3. The second-order valence-electron chi connectivity index (χ2n) is 13.3. The summed E-state index contributed by atoms with van der Waals surface area (Å²) in [6.07, 6.45) is 3.20. The predicted octanol–water partition coefficient (Wildman–Crippen LogP) is 7.23. The van der Waals surface area contributed by atoms with Gasteiger partial charge in [0, 0.05) is 71.6 Å². The fraction of sp³-hybridized carbons (Fsp3) is 0.474. The first-order valence-electron chi connectivity index (χ1n) is 16.9. The van der Waals surface area contributed by atoms with E-state index in [1.54, 1.807) is 0 Å². The molecule has 0 spiro atoms. The molecule has 3 aromatic heterocycles. The maximum absolute atomic E-state index is 11.8. The molecule has 6 rings (SSSR count). The molecule has 0 radical (unpaired) electrons. The molecule has 1 fully saturated rings. The van der Waals surface area contributed by atoms with Gasteiger partial charge in [0.25, 0.3) is 0 Å². The van der Waals surface area contributed by atoms with Gasteiger partial charge < -0.3 is 28.9 Å². The number of aromatic amines is 2. The van der Waals surface area contributed by atoms with Gasteiger partial charge in [-0.2, -0.15) is 0 Å². The van der Waals surface area contributed by atoms with Crippen molar-refractivity contribution < 1.29 is 28.5 Å². The Hall–Kier alpha value is -4.28. The van der Waals surface area contributed by atoms with Crippen molar-refractivity contribution in [3.63, 3.8) is 0 Å². The normalized spacial score (nSPS) is 20.8. The Morgan fingerprint density at radius 3 is 2.31 bits per heavy atom. The monoisotopic (exact) mass is 654 g/mol. The van der Waals surface area contributed by atoms with Crippen LogP contribution in [0.2, 0.25) is 0 Å². The lowest BCUT2D eigenvalue weighted by Gasteiger charge is -2.34. The molecule has 2 N–H and O–H groups in total. The third-order valence-electron chi connectivity index (χ3n) is 9.75. The highest BCUT2D eigenvalue weighted by atomic mass is 16.7. The molecule has 10 heteroatoms. The molecule has 0 aromatic carbocycles. The Morgan fingerprint density at radius 1 is 0.896 bits per heavy atom. The lowest BCUT2D eigenvalue weighted by molar-refractivity contribution is -0.233. The van der Waals surface area contributed by atoms with Crippen molar-refractivity contribution in [1.82, 2.24) is 19.9 Å². The Bertz CT molecular complexity index is 1950. The molecular weight excluding hydrogens is 608 g/mol. The highest BCUT2D eigenvalue weighted by molar-refractivity contribution is 5.85. The van der Waals surface area contributed by atoms with Crippen molar-refractivity contribution in [2.45, 2.75) is 112 Å². The average molecular weight is 655 g/mol. The van der Waals surface area contributed by atoms with Crippen molar-refractivity contribution in [2.75, 3.05) is 6.61 Å². The van der Waals surface area contributed by atoms with E-state index in [0.717, 1.165) is 79.9 Å². The third kappa shape index (κ3) is 6.96. The van der Waals surface area contributed by atoms with Crippen LogP contribution in [0, 0.1) is 20.8 Å². The van der Waals surface area contributed by atoms with E-state index in [9.17, 15) is 9.59 Å². The Balaban J connectivity index is 1.47. The summed E-state index contributed by atoms with van der Waals surface area (Å²) >= 11 is 0. The van der Waals surface area contributed by atoms with Crippen molar-refractivity contribution in [3.05, 3.63) is 68.8 Å². The Labute approximate surface area is 281 Å². The summed E-state index contributed by atoms with van der Waals surface area (Å²) in [4.78, 5) is 40.8. The SMILES string of the molecule is CCc1c(C)c2cc3[nH]c(cc4nc(c(C)c5nc(cc1[nH]2)C(C)=C5)CC4C)c(C)c3COC1CC(OC(C)=O)CC(COC(C)=O)O1. The van der Waals surface area contributed by atoms with Crippen LogP contribution in [0.25, 0.3) is 33.7 Å². The minimum absolute atomic E-state index is 0.0662. The lowest BCUT2D eigenvalue weighted by Crippen LogP contribution is -2.41. The van der Waals surface area contributed by atoms with Gasteiger partial charge in [-0.25, -0.2) is 4.98 Å². The van der Waals surface area contributed by atoms with E-state index in [2.05, 4.69) is 75.8 Å². The fourth-order valence-corrected chi connectivity index (χ4v) is 6.96. The quantitative estimate of drug-likeness (QED) is 0.256. The van der Waals surface area contributed by atoms with Crippen LogP contribution in [0.3, 0.4) is 0 Å². The van der Waals surface area contributed by atoms with Crippen molar-refractivity contribution in [2.24, 2.45) is 0 Å². The lowest BCUT2D eigenvalue weighted by atomic mass is 10.0. The van der Waals surface area contributed by atoms with Crippen LogP contribution >= 0.6 is 0 Å². The van der Waals surface area contributed by atoms with Gasteiger partial charge >= 0.3 is 11.9 Å². The van der Waals surface area contributed by atoms with Crippen LogP contribution in [0.1, 0.15) is 104 Å². The summed E-state index contributed by atoms with van der Waals surface area (Å²) < 4.78 is 23.4. The van der Waals surface area contributed by atoms with Gasteiger partial charge in [-0.15, -0.1) is 0 Å². The van der Waals surface area contributed by atoms with E-state index >= 15 is 0 Å². The van der Waals surface area contributed by atoms with E-state index in [4.69, 9.17) is 28.9 Å². The number of carbonyl (C=O) groups excluding carboxylic acids is 2. The molecule has 10 nitrogen and oxygen atoms in total. The molecule has 3 aliphatic heterocycles. The Kier molecular flexibility index (Phi) is 9.58. The number of H-pyrrole nitrogens is 2. The highest BCUT2D eigenvalue weighted by Crippen LogP contribution is 2.33. The van der Waals surface area contributed by atoms with Crippen LogP contribution in [0.4, 0.5) is 0 Å². The van der Waals surface area contributed by atoms with E-state index in [-0.39, 0.29) is 25.1 Å². The van der Waals surface area contributed by atoms with Crippen molar-refractivity contribution in [1.29, 1.82) is 0 Å². The molecule has 8 bridgehead atoms. The van der Waals surface area contributed by atoms with Gasteiger partial charge in [0.15, 0.2) is 6.29 Å². The predicted molar refractivity (Wildman–Crippen MR) is 185 cm³/mol. The van der Waals surface area contributed by atoms with E-state index in [1.165, 1.54) is 25.0 Å². The molecule has 3 aromatic rings. The smallest absolute Gasteiger partial charge is 0.302 e. The van der Waals surface area contributed by atoms with Crippen LogP contribution in [0.15, 0.2) is 18.2 Å². The van der Waals surface area contributed by atoms with Crippen LogP contribution in [-0.2, 0) is 48.0 Å². The molecular formula is C38H46N4O6. The van der Waals surface area contributed by atoms with Gasteiger partial charge in [-0.1, -0.05) is 13.8 Å². The summed E-state index contributed by atoms with van der Waals surface area (Å²) in [5, 5.41) is 0. The number of hydrogen-bond acceptors (Lipinski definition) is 8. The number of fused-ring (bicyclic) bond motifs is 8. The zero-order valence-electron chi connectivity index (χ0n) is 29.2. The van der Waals surface area contributed by atoms with Crippen LogP contribution in [0.5, 0.6) is 0 Å². The molecule has 0 saturated carbocycles. The fourth-order valence-electron chi connectivity index (χ4n) is 6.96. The molecule has 0 aliphatic carbocycles. The summed E-state index contributed by atoms with van der Waals surface area (Å²) in [5.74, 6) is -0.506. The minimum atomic E-state index is -0.653. The maximum atomic E-state index is 11.8. The summed E-state index contributed by atoms with van der Waals surface area (Å²) in [7, 11) is 0. The van der Waals surface area contributed by atoms with E-state index in [1.807, 2.05) is 0 Å². The number of aromatic nitrogens is 4. The number of carbonyl (C=O) groups is 2. The summed E-state index contributed by atoms with van der Waals surface area (Å²) in [6.45, 7) is 15.9. The third-order valence-corrected chi connectivity index (χ3v) is 9.75. The van der Waals surface area contributed by atoms with Gasteiger partial charge in [0.1, 0.15) is 12.7 Å². The average Bonchev–Trinajstić information content (AvgIpc) is 3.74. The van der Waals surface area contributed by atoms with Gasteiger partial charge in [0.2, 0.25) is 0 Å². The zero-order chi connectivity index (χ0) is 34.3. The number of hydrogen-bond donors (Lipinski definition) is 2. The van der Waals surface area contributed by atoms with Crippen LogP contribution < -0.4 is 0 Å². The van der Waals surface area contributed by atoms with Crippen LogP contribution in [-0.4, -0.2) is 57.0 Å². The minimum Gasteiger partial charge on any atom is -0.463 e. The summed E-state index contributed by atoms with van der Waals surface area (Å²) in [5.41, 5.74) is 14.7. The second kappa shape index (κ2) is 13.7. The molecule has 4 atom stereocenters. The molecule has 48 heavy (non-hydrogen) atoms. The highest BCUT2D eigenvalue weighted by Gasteiger charge is 2.33. The standard InChI is InChI=1S/C38H46N4O6/c1-9-28-21(4)35-16-37-29(18-46-38-13-26(47-25(8)44)12-27(48-38)17-45-24(7)43)22(5)34(42-37)14-30-19(2)10-32(39-30)23(6)33-11-20(3)31(40-33)15-36(28)41-35/h11,14-16,19,26-27,38,41-42H,9-10,12-13,17-18H2,1-8H3. The zero-order valence-corrected chi connectivity index (χ0v) is 29.2.